The van der Waals surface area contributed by atoms with E-state index in [1.54, 1.807) is 12.0 Å². The second-order valence-electron chi connectivity index (χ2n) is 7.11. The molecule has 2 aliphatic rings. The van der Waals surface area contributed by atoms with E-state index >= 15 is 0 Å². The maximum Gasteiger partial charge on any atom is 0.239 e. The van der Waals surface area contributed by atoms with E-state index in [9.17, 15) is 9.59 Å². The van der Waals surface area contributed by atoms with E-state index in [4.69, 9.17) is 4.74 Å². The third-order valence-electron chi connectivity index (χ3n) is 5.42. The van der Waals surface area contributed by atoms with Gasteiger partial charge in [0.05, 0.1) is 18.6 Å². The maximum atomic E-state index is 13.0. The van der Waals surface area contributed by atoms with Crippen LogP contribution in [0.25, 0.3) is 0 Å². The average molecular weight is 345 g/mol. The summed E-state index contributed by atoms with van der Waals surface area (Å²) < 4.78 is 5.06. The summed E-state index contributed by atoms with van der Waals surface area (Å²) in [7, 11) is 5.40. The molecule has 2 heterocycles. The highest BCUT2D eigenvalue weighted by atomic mass is 16.5. The number of nitrogens with zero attached hydrogens (tertiary/aromatic N) is 3. The van der Waals surface area contributed by atoms with Gasteiger partial charge in [0.15, 0.2) is 0 Å². The summed E-state index contributed by atoms with van der Waals surface area (Å²) in [5.74, 6) is 0.191. The van der Waals surface area contributed by atoms with E-state index in [0.717, 1.165) is 30.6 Å². The van der Waals surface area contributed by atoms with E-state index in [1.807, 2.05) is 48.2 Å². The molecular weight excluding hydrogens is 318 g/mol. The number of para-hydroxylation sites is 1. The molecule has 1 atom stereocenters. The molecule has 0 radical (unpaired) electrons. The van der Waals surface area contributed by atoms with Crippen LogP contribution in [0.2, 0.25) is 0 Å². The van der Waals surface area contributed by atoms with Crippen molar-refractivity contribution in [2.24, 2.45) is 0 Å². The van der Waals surface area contributed by atoms with Gasteiger partial charge >= 0.3 is 0 Å². The molecule has 0 aliphatic carbocycles. The van der Waals surface area contributed by atoms with Gasteiger partial charge in [0.2, 0.25) is 11.8 Å². The highest BCUT2D eigenvalue weighted by Gasteiger charge is 2.52. The first-order valence-corrected chi connectivity index (χ1v) is 8.82. The molecule has 2 aliphatic heterocycles. The first-order valence-electron chi connectivity index (χ1n) is 8.82. The van der Waals surface area contributed by atoms with Crippen LogP contribution in [0.1, 0.15) is 18.4 Å². The van der Waals surface area contributed by atoms with Crippen LogP contribution in [0.3, 0.4) is 0 Å². The summed E-state index contributed by atoms with van der Waals surface area (Å²) in [6.07, 6.45) is 1.65. The van der Waals surface area contributed by atoms with E-state index in [2.05, 4.69) is 0 Å². The average Bonchev–Trinajstić information content (AvgIpc) is 2.83. The third kappa shape index (κ3) is 3.16. The summed E-state index contributed by atoms with van der Waals surface area (Å²) >= 11 is 0. The molecule has 0 saturated carbocycles. The lowest BCUT2D eigenvalue weighted by atomic mass is 9.75. The van der Waals surface area contributed by atoms with Crippen molar-refractivity contribution >= 4 is 17.5 Å². The van der Waals surface area contributed by atoms with Crippen LogP contribution < -0.4 is 4.90 Å². The Balaban J connectivity index is 1.77. The zero-order valence-electron chi connectivity index (χ0n) is 15.3. The van der Waals surface area contributed by atoms with Crippen LogP contribution in [0.15, 0.2) is 24.3 Å². The zero-order valence-corrected chi connectivity index (χ0v) is 15.3. The van der Waals surface area contributed by atoms with Gasteiger partial charge in [-0.05, 0) is 31.5 Å². The number of carbonyl (C=O) groups is 2. The van der Waals surface area contributed by atoms with Crippen LogP contribution in [0, 0.1) is 0 Å². The van der Waals surface area contributed by atoms with Crippen molar-refractivity contribution < 1.29 is 14.3 Å². The Morgan fingerprint density at radius 3 is 2.88 bits per heavy atom. The number of piperidine rings is 1. The quantitative estimate of drug-likeness (QED) is 0.802. The number of likely N-dealkylation sites (tertiary alicyclic amines) is 1. The number of carbonyl (C=O) groups excluding carboxylic acids is 2. The normalized spacial score (nSPS) is 22.8. The van der Waals surface area contributed by atoms with E-state index in [0.29, 0.717) is 26.2 Å². The minimum Gasteiger partial charge on any atom is -0.383 e. The topological polar surface area (TPSA) is 53.1 Å². The van der Waals surface area contributed by atoms with Crippen molar-refractivity contribution in [3.05, 3.63) is 29.8 Å². The Labute approximate surface area is 149 Å². The zero-order chi connectivity index (χ0) is 18.0. The lowest BCUT2D eigenvalue weighted by Crippen LogP contribution is -2.54. The second kappa shape index (κ2) is 7.14. The molecule has 1 saturated heterocycles. The molecule has 6 nitrogen and oxygen atoms in total. The molecule has 0 unspecified atom stereocenters. The number of methoxy groups -OCH3 is 1. The van der Waals surface area contributed by atoms with Crippen LogP contribution in [-0.2, 0) is 19.7 Å². The van der Waals surface area contributed by atoms with Crippen molar-refractivity contribution in [2.45, 2.75) is 18.3 Å². The van der Waals surface area contributed by atoms with Gasteiger partial charge in [-0.15, -0.1) is 0 Å². The Morgan fingerprint density at radius 2 is 2.12 bits per heavy atom. The van der Waals surface area contributed by atoms with Crippen LogP contribution >= 0.6 is 0 Å². The number of fused-ring (bicyclic) bond motifs is 2. The highest BCUT2D eigenvalue weighted by Crippen LogP contribution is 2.46. The van der Waals surface area contributed by atoms with Crippen LogP contribution in [0.4, 0.5) is 5.69 Å². The summed E-state index contributed by atoms with van der Waals surface area (Å²) in [6.45, 7) is 2.86. The smallest absolute Gasteiger partial charge is 0.239 e. The second-order valence-corrected chi connectivity index (χ2v) is 7.11. The summed E-state index contributed by atoms with van der Waals surface area (Å²) in [6, 6.07) is 7.96. The Hall–Kier alpha value is -1.92. The number of likely N-dealkylation sites (N-methyl/N-ethyl adjacent to an activating group) is 2. The van der Waals surface area contributed by atoms with E-state index in [-0.39, 0.29) is 11.8 Å². The number of anilines is 1. The van der Waals surface area contributed by atoms with Crippen molar-refractivity contribution in [1.29, 1.82) is 0 Å². The first-order chi connectivity index (χ1) is 12.0. The molecule has 1 aromatic rings. The Morgan fingerprint density at radius 1 is 1.36 bits per heavy atom. The van der Waals surface area contributed by atoms with Crippen molar-refractivity contribution in [2.75, 3.05) is 58.9 Å². The first kappa shape index (κ1) is 17.9. The molecular formula is C19H27N3O3. The summed E-state index contributed by atoms with van der Waals surface area (Å²) in [5.41, 5.74) is 1.46. The molecule has 136 valence electrons. The third-order valence-corrected chi connectivity index (χ3v) is 5.42. The van der Waals surface area contributed by atoms with Gasteiger partial charge in [0.25, 0.3) is 0 Å². The lowest BCUT2D eigenvalue weighted by Gasteiger charge is -2.40. The molecule has 0 N–H and O–H groups in total. The minimum absolute atomic E-state index is 0.0810. The number of amides is 2. The predicted octanol–water partition coefficient (Wildman–Crippen LogP) is 1.10. The SMILES string of the molecule is COCCN(C)CC(=O)N1CCC[C@]2(C1)C(=O)N(C)c1ccccc12. The summed E-state index contributed by atoms with van der Waals surface area (Å²) in [4.78, 5) is 31.3. The van der Waals surface area contributed by atoms with Gasteiger partial charge < -0.3 is 14.5 Å². The Kier molecular flexibility index (Phi) is 5.11. The molecule has 25 heavy (non-hydrogen) atoms. The van der Waals surface area contributed by atoms with Crippen molar-refractivity contribution in [1.82, 2.24) is 9.80 Å². The van der Waals surface area contributed by atoms with Gasteiger partial charge in [-0.3, -0.25) is 14.5 Å². The van der Waals surface area contributed by atoms with Crippen LogP contribution in [-0.4, -0.2) is 75.6 Å². The summed E-state index contributed by atoms with van der Waals surface area (Å²) in [5, 5.41) is 0. The molecule has 2 amide bonds. The molecule has 0 bridgehead atoms. The number of ether oxygens (including phenoxy) is 1. The standard InChI is InChI=1S/C19H27N3O3/c1-20(11-12-25-3)13-17(23)22-10-6-9-19(14-22)15-7-4-5-8-16(15)21(2)18(19)24/h4-5,7-8H,6,9-14H2,1-3H3/t19-/m1/s1. The minimum atomic E-state index is -0.579. The fraction of sp³-hybridized carbons (Fsp3) is 0.579. The number of rotatable bonds is 5. The van der Waals surface area contributed by atoms with Gasteiger partial charge in [0.1, 0.15) is 0 Å². The van der Waals surface area contributed by atoms with E-state index in [1.165, 1.54) is 0 Å². The fourth-order valence-electron chi connectivity index (χ4n) is 4.04. The largest absolute Gasteiger partial charge is 0.383 e. The van der Waals surface area contributed by atoms with Crippen LogP contribution in [0.5, 0.6) is 0 Å². The molecule has 1 aromatic carbocycles. The Bertz CT molecular complexity index is 663. The molecule has 3 rings (SSSR count). The number of hydrogen-bond acceptors (Lipinski definition) is 4. The molecule has 6 heteroatoms. The fourth-order valence-corrected chi connectivity index (χ4v) is 4.04. The molecule has 0 aromatic heterocycles. The van der Waals surface area contributed by atoms with Crippen molar-refractivity contribution in [3.8, 4) is 0 Å². The number of hydrogen-bond donors (Lipinski definition) is 0. The lowest BCUT2D eigenvalue weighted by molar-refractivity contribution is -0.136. The molecule has 1 spiro atoms. The highest BCUT2D eigenvalue weighted by molar-refractivity contribution is 6.08. The van der Waals surface area contributed by atoms with Gasteiger partial charge in [-0.2, -0.15) is 0 Å². The van der Waals surface area contributed by atoms with E-state index < -0.39 is 5.41 Å². The predicted molar refractivity (Wildman–Crippen MR) is 96.7 cm³/mol. The molecule has 1 fully saturated rings. The van der Waals surface area contributed by atoms with Gasteiger partial charge in [-0.1, -0.05) is 18.2 Å². The van der Waals surface area contributed by atoms with Gasteiger partial charge in [-0.25, -0.2) is 0 Å². The monoisotopic (exact) mass is 345 g/mol. The maximum absolute atomic E-state index is 13.0. The van der Waals surface area contributed by atoms with Gasteiger partial charge in [0, 0.05) is 39.5 Å². The van der Waals surface area contributed by atoms with Crippen molar-refractivity contribution in [3.63, 3.8) is 0 Å². The number of benzene rings is 1.